The van der Waals surface area contributed by atoms with Crippen LogP contribution in [0, 0.1) is 20.8 Å². The lowest BCUT2D eigenvalue weighted by Crippen LogP contribution is -2.61. The number of hydrogen-bond acceptors (Lipinski definition) is 3. The zero-order chi connectivity index (χ0) is 40.3. The minimum absolute atomic E-state index is 0.00281. The summed E-state index contributed by atoms with van der Waals surface area (Å²) in [6.07, 6.45) is 0. The maximum atomic E-state index is 6.55. The van der Waals surface area contributed by atoms with Crippen molar-refractivity contribution in [2.24, 2.45) is 0 Å². The van der Waals surface area contributed by atoms with Crippen LogP contribution in [0.2, 0.25) is 0 Å². The lowest BCUT2D eigenvalue weighted by Gasteiger charge is -2.45. The number of furan rings is 1. The van der Waals surface area contributed by atoms with Gasteiger partial charge in [-0.15, -0.1) is 0 Å². The summed E-state index contributed by atoms with van der Waals surface area (Å²) in [4.78, 5) is 5.11. The van der Waals surface area contributed by atoms with E-state index in [1.807, 2.05) is 6.07 Å². The van der Waals surface area contributed by atoms with E-state index in [1.165, 1.54) is 83.9 Å². The fraction of sp³-hybridized carbons (Fsp3) is 0.283. The third-order valence-electron chi connectivity index (χ3n) is 12.4. The summed E-state index contributed by atoms with van der Waals surface area (Å²) < 4.78 is 6.55. The molecule has 0 bridgehead atoms. The van der Waals surface area contributed by atoms with Gasteiger partial charge in [0.1, 0.15) is 11.3 Å². The van der Waals surface area contributed by atoms with Gasteiger partial charge in [-0.1, -0.05) is 123 Å². The van der Waals surface area contributed by atoms with E-state index in [9.17, 15) is 0 Å². The average Bonchev–Trinajstić information content (AvgIpc) is 3.58. The molecule has 3 heterocycles. The Labute approximate surface area is 340 Å². The standard InChI is InChI=1S/C53H55BN2O/c1-32-25-45-49-46(26-32)56(50-33(2)27-39(28-34(50)3)53(10,11)12)44-23-17-36(48-30-35-15-13-14-16-47(35)57-48)29-41(44)54(49)42-31-38(52(7,8)9)20-24-43(42)55(45)40-21-18-37(19-22-40)51(4,5)6/h13-31H,1-12H3. The number of para-hydroxylation sites is 1. The number of nitrogens with zero attached hydrogens (tertiary/aromatic N) is 2. The van der Waals surface area contributed by atoms with Gasteiger partial charge >= 0.3 is 0 Å². The van der Waals surface area contributed by atoms with Gasteiger partial charge in [0.15, 0.2) is 0 Å². The first-order chi connectivity index (χ1) is 26.9. The summed E-state index contributed by atoms with van der Waals surface area (Å²) in [5, 5.41) is 1.12. The second-order valence-electron chi connectivity index (χ2n) is 19.8. The minimum Gasteiger partial charge on any atom is -0.456 e. The van der Waals surface area contributed by atoms with E-state index in [4.69, 9.17) is 4.42 Å². The lowest BCUT2D eigenvalue weighted by atomic mass is 9.33. The van der Waals surface area contributed by atoms with Crippen molar-refractivity contribution in [2.45, 2.75) is 99.3 Å². The lowest BCUT2D eigenvalue weighted by molar-refractivity contribution is 0.589. The highest BCUT2D eigenvalue weighted by atomic mass is 16.3. The second-order valence-corrected chi connectivity index (χ2v) is 19.8. The summed E-state index contributed by atoms with van der Waals surface area (Å²) in [7, 11) is 0. The minimum atomic E-state index is -0.0206. The zero-order valence-corrected chi connectivity index (χ0v) is 35.8. The topological polar surface area (TPSA) is 19.6 Å². The largest absolute Gasteiger partial charge is 0.456 e. The molecule has 4 heteroatoms. The molecule has 6 aromatic carbocycles. The van der Waals surface area contributed by atoms with Crippen molar-refractivity contribution in [3.63, 3.8) is 0 Å². The Kier molecular flexibility index (Phi) is 8.31. The fourth-order valence-corrected chi connectivity index (χ4v) is 9.26. The molecule has 3 nitrogen and oxygen atoms in total. The van der Waals surface area contributed by atoms with Crippen LogP contribution in [0.5, 0.6) is 0 Å². The first kappa shape index (κ1) is 37.1. The number of rotatable bonds is 3. The summed E-state index contributed by atoms with van der Waals surface area (Å²) in [5.74, 6) is 0.891. The molecule has 0 aliphatic carbocycles. The quantitative estimate of drug-likeness (QED) is 0.168. The number of benzene rings is 6. The highest BCUT2D eigenvalue weighted by Gasteiger charge is 2.44. The first-order valence-electron chi connectivity index (χ1n) is 20.6. The van der Waals surface area contributed by atoms with Gasteiger partial charge in [0.25, 0.3) is 6.71 Å². The van der Waals surface area contributed by atoms with Crippen LogP contribution in [0.4, 0.5) is 34.1 Å². The molecule has 9 rings (SSSR count). The van der Waals surface area contributed by atoms with Crippen molar-refractivity contribution in [3.8, 4) is 11.3 Å². The molecule has 0 amide bonds. The fourth-order valence-electron chi connectivity index (χ4n) is 9.26. The van der Waals surface area contributed by atoms with Crippen LogP contribution in [0.3, 0.4) is 0 Å². The Morgan fingerprint density at radius 1 is 0.491 bits per heavy atom. The van der Waals surface area contributed by atoms with E-state index in [0.29, 0.717) is 0 Å². The van der Waals surface area contributed by atoms with Crippen molar-refractivity contribution in [1.29, 1.82) is 0 Å². The SMILES string of the molecule is Cc1cc2c3c(c1)N(c1c(C)cc(C(C)(C)C)cc1C)c1ccc(-c4cc5ccccc5o4)cc1B3c1cc(C(C)(C)C)ccc1N2c1ccc(C(C)(C)C)cc1. The van der Waals surface area contributed by atoms with Crippen molar-refractivity contribution < 1.29 is 4.42 Å². The number of fused-ring (bicyclic) bond motifs is 5. The van der Waals surface area contributed by atoms with Crippen molar-refractivity contribution in [3.05, 3.63) is 149 Å². The van der Waals surface area contributed by atoms with E-state index in [1.54, 1.807) is 0 Å². The third kappa shape index (κ3) is 6.11. The van der Waals surface area contributed by atoms with Crippen molar-refractivity contribution >= 4 is 68.2 Å². The molecule has 1 aromatic heterocycles. The van der Waals surface area contributed by atoms with E-state index in [2.05, 4.69) is 202 Å². The van der Waals surface area contributed by atoms with E-state index in [0.717, 1.165) is 22.3 Å². The molecule has 2 aliphatic heterocycles. The van der Waals surface area contributed by atoms with Gasteiger partial charge < -0.3 is 14.2 Å². The van der Waals surface area contributed by atoms with Gasteiger partial charge in [0.05, 0.1) is 5.69 Å². The molecule has 0 saturated carbocycles. The van der Waals surface area contributed by atoms with Gasteiger partial charge in [-0.2, -0.15) is 0 Å². The Morgan fingerprint density at radius 2 is 1.05 bits per heavy atom. The predicted octanol–water partition coefficient (Wildman–Crippen LogP) is 13.0. The van der Waals surface area contributed by atoms with E-state index >= 15 is 0 Å². The van der Waals surface area contributed by atoms with Gasteiger partial charge in [-0.25, -0.2) is 0 Å². The molecule has 0 unspecified atom stereocenters. The molecular formula is C53H55BN2O. The third-order valence-corrected chi connectivity index (χ3v) is 12.4. The van der Waals surface area contributed by atoms with Gasteiger partial charge in [-0.3, -0.25) is 0 Å². The molecule has 0 fully saturated rings. The van der Waals surface area contributed by atoms with E-state index in [-0.39, 0.29) is 23.0 Å². The maximum Gasteiger partial charge on any atom is 0.252 e. The Balaban J connectivity index is 1.37. The first-order valence-corrected chi connectivity index (χ1v) is 20.6. The van der Waals surface area contributed by atoms with Crippen LogP contribution < -0.4 is 26.2 Å². The van der Waals surface area contributed by atoms with Gasteiger partial charge in [-0.05, 0) is 141 Å². The highest BCUT2D eigenvalue weighted by molar-refractivity contribution is 7.00. The van der Waals surface area contributed by atoms with Crippen LogP contribution in [0.25, 0.3) is 22.3 Å². The van der Waals surface area contributed by atoms with Crippen LogP contribution in [-0.2, 0) is 16.2 Å². The molecule has 286 valence electrons. The number of aryl methyl sites for hydroxylation is 3. The van der Waals surface area contributed by atoms with Crippen LogP contribution in [0.15, 0.2) is 120 Å². The van der Waals surface area contributed by atoms with Gasteiger partial charge in [0, 0.05) is 39.4 Å². The zero-order valence-electron chi connectivity index (χ0n) is 35.8. The van der Waals surface area contributed by atoms with Crippen LogP contribution in [-0.4, -0.2) is 6.71 Å². The molecule has 0 saturated heterocycles. The Morgan fingerprint density at radius 3 is 1.68 bits per heavy atom. The van der Waals surface area contributed by atoms with Crippen LogP contribution >= 0.6 is 0 Å². The maximum absolute atomic E-state index is 6.55. The summed E-state index contributed by atoms with van der Waals surface area (Å²) in [6.45, 7) is 27.6. The Bertz CT molecular complexity index is 2680. The molecule has 0 N–H and O–H groups in total. The molecular weight excluding hydrogens is 691 g/mol. The monoisotopic (exact) mass is 746 g/mol. The van der Waals surface area contributed by atoms with Crippen molar-refractivity contribution in [2.75, 3.05) is 9.80 Å². The van der Waals surface area contributed by atoms with Gasteiger partial charge in [0.2, 0.25) is 0 Å². The molecule has 7 aromatic rings. The molecule has 2 aliphatic rings. The summed E-state index contributed by atoms with van der Waals surface area (Å²) in [5.41, 5.74) is 21.2. The average molecular weight is 747 g/mol. The smallest absolute Gasteiger partial charge is 0.252 e. The second kappa shape index (κ2) is 12.8. The van der Waals surface area contributed by atoms with E-state index < -0.39 is 0 Å². The summed E-state index contributed by atoms with van der Waals surface area (Å²) in [6, 6.07) is 43.7. The Hall–Kier alpha value is -5.48. The normalized spacial score (nSPS) is 13.9. The molecule has 0 spiro atoms. The molecule has 0 radical (unpaired) electrons. The van der Waals surface area contributed by atoms with Crippen LogP contribution in [0.1, 0.15) is 95.7 Å². The molecule has 57 heavy (non-hydrogen) atoms. The highest BCUT2D eigenvalue weighted by Crippen LogP contribution is 2.48. The number of hydrogen-bond donors (Lipinski definition) is 0. The molecule has 0 atom stereocenters. The number of anilines is 6. The van der Waals surface area contributed by atoms with Crippen molar-refractivity contribution in [1.82, 2.24) is 0 Å². The predicted molar refractivity (Wildman–Crippen MR) is 246 cm³/mol. The summed E-state index contributed by atoms with van der Waals surface area (Å²) >= 11 is 0.